The Morgan fingerprint density at radius 3 is 2.67 bits per heavy atom. The molecule has 214 valence electrons. The third-order valence-electron chi connectivity index (χ3n) is 7.53. The highest BCUT2D eigenvalue weighted by Gasteiger charge is 2.26. The van der Waals surface area contributed by atoms with Crippen LogP contribution in [0.1, 0.15) is 55.2 Å². The summed E-state index contributed by atoms with van der Waals surface area (Å²) in [6.45, 7) is 9.31. The second kappa shape index (κ2) is 13.0. The Morgan fingerprint density at radius 2 is 1.93 bits per heavy atom. The van der Waals surface area contributed by atoms with Crippen LogP contribution in [-0.2, 0) is 22.6 Å². The lowest BCUT2D eigenvalue weighted by atomic mass is 10.2. The van der Waals surface area contributed by atoms with Crippen LogP contribution in [0.15, 0.2) is 53.3 Å². The Bertz CT molecular complexity index is 1270. The van der Waals surface area contributed by atoms with E-state index in [1.807, 2.05) is 64.7 Å². The van der Waals surface area contributed by atoms with E-state index >= 15 is 0 Å². The summed E-state index contributed by atoms with van der Waals surface area (Å²) in [6, 6.07) is 12.0. The van der Waals surface area contributed by atoms with Crippen LogP contribution in [0.3, 0.4) is 0 Å². The number of ether oxygens (including phenoxy) is 2. The zero-order valence-electron chi connectivity index (χ0n) is 23.5. The minimum Gasteiger partial charge on any atom is -0.492 e. The molecule has 2 fully saturated rings. The number of carbonyl (C=O) groups excluding carboxylic acids is 2. The van der Waals surface area contributed by atoms with Crippen molar-refractivity contribution in [2.75, 3.05) is 50.8 Å². The maximum Gasteiger partial charge on any atom is 0.275 e. The topological polar surface area (TPSA) is 93.3 Å². The fourth-order valence-corrected chi connectivity index (χ4v) is 5.39. The van der Waals surface area contributed by atoms with Gasteiger partial charge >= 0.3 is 0 Å². The molecule has 0 bridgehead atoms. The lowest BCUT2D eigenvalue weighted by Gasteiger charge is -2.36. The number of oxazole rings is 1. The predicted octanol–water partition coefficient (Wildman–Crippen LogP) is 3.80. The van der Waals surface area contributed by atoms with Gasteiger partial charge in [-0.05, 0) is 44.0 Å². The van der Waals surface area contributed by atoms with Gasteiger partial charge in [0.15, 0.2) is 5.69 Å². The number of para-hydroxylation sites is 2. The molecular formula is C30H39N5O5. The third-order valence-corrected chi connectivity index (χ3v) is 7.53. The fraction of sp³-hybridized carbons (Fsp3) is 0.500. The maximum absolute atomic E-state index is 13.2. The largest absolute Gasteiger partial charge is 0.492 e. The molecular weight excluding hydrogens is 510 g/mol. The summed E-state index contributed by atoms with van der Waals surface area (Å²) in [6.07, 6.45) is 5.96. The first-order valence-corrected chi connectivity index (χ1v) is 14.3. The highest BCUT2D eigenvalue weighted by atomic mass is 16.5. The van der Waals surface area contributed by atoms with E-state index in [2.05, 4.69) is 16.0 Å². The van der Waals surface area contributed by atoms with Crippen molar-refractivity contribution in [2.24, 2.45) is 0 Å². The maximum atomic E-state index is 13.2. The minimum atomic E-state index is -0.128. The molecule has 4 heterocycles. The van der Waals surface area contributed by atoms with Crippen molar-refractivity contribution in [3.05, 3.63) is 66.1 Å². The summed E-state index contributed by atoms with van der Waals surface area (Å²) < 4.78 is 19.3. The molecule has 0 saturated carbocycles. The minimum absolute atomic E-state index is 0.0977. The Balaban J connectivity index is 1.18. The normalized spacial score (nSPS) is 17.3. The van der Waals surface area contributed by atoms with Crippen LogP contribution in [0.2, 0.25) is 0 Å². The van der Waals surface area contributed by atoms with E-state index < -0.39 is 0 Å². The van der Waals surface area contributed by atoms with E-state index in [1.54, 1.807) is 0 Å². The quantitative estimate of drug-likeness (QED) is 0.359. The molecule has 10 heteroatoms. The summed E-state index contributed by atoms with van der Waals surface area (Å²) >= 11 is 0. The van der Waals surface area contributed by atoms with E-state index in [9.17, 15) is 9.59 Å². The summed E-state index contributed by atoms with van der Waals surface area (Å²) in [7, 11) is 0. The first-order chi connectivity index (χ1) is 19.6. The summed E-state index contributed by atoms with van der Waals surface area (Å²) in [5.41, 5.74) is 2.35. The van der Waals surface area contributed by atoms with Crippen LogP contribution in [0.4, 0.5) is 5.69 Å². The van der Waals surface area contributed by atoms with E-state index in [0.717, 1.165) is 36.6 Å². The number of nitrogens with zero attached hydrogens (tertiary/aromatic N) is 5. The average Bonchev–Trinajstić information content (AvgIpc) is 3.76. The number of anilines is 1. The van der Waals surface area contributed by atoms with Crippen molar-refractivity contribution < 1.29 is 23.5 Å². The summed E-state index contributed by atoms with van der Waals surface area (Å²) in [4.78, 5) is 36.3. The van der Waals surface area contributed by atoms with E-state index in [4.69, 9.17) is 13.9 Å². The van der Waals surface area contributed by atoms with Crippen LogP contribution in [0, 0.1) is 0 Å². The molecule has 0 N–H and O–H groups in total. The molecule has 2 aromatic heterocycles. The Hall–Kier alpha value is -3.79. The lowest BCUT2D eigenvalue weighted by molar-refractivity contribution is -0.133. The van der Waals surface area contributed by atoms with Crippen LogP contribution in [0.5, 0.6) is 5.75 Å². The summed E-state index contributed by atoms with van der Waals surface area (Å²) in [5, 5.41) is 0. The Morgan fingerprint density at radius 1 is 1.10 bits per heavy atom. The monoisotopic (exact) mass is 549 g/mol. The lowest BCUT2D eigenvalue weighted by Crippen LogP contribution is -2.49. The van der Waals surface area contributed by atoms with Gasteiger partial charge in [-0.2, -0.15) is 0 Å². The third kappa shape index (κ3) is 6.50. The molecule has 2 saturated heterocycles. The molecule has 5 rings (SSSR count). The standard InChI is InChI=1S/C30H39N5O5/c1-3-29(36)35(20-24-10-8-18-39-24)19-23-9-7-13-34(23)21-28-31-25(22-40-28)30(37)33-16-14-32(15-17-33)26-11-5-6-12-27(26)38-4-2/h5-7,9,11-13,22,24H,3-4,8,10,14-21H2,1-2H3. The van der Waals surface area contributed by atoms with Crippen molar-refractivity contribution in [3.63, 3.8) is 0 Å². The summed E-state index contributed by atoms with van der Waals surface area (Å²) in [5.74, 6) is 1.30. The number of hydrogen-bond donors (Lipinski definition) is 0. The SMILES string of the molecule is CCOc1ccccc1N1CCN(C(=O)c2coc(Cn3cccc3CN(CC3CCCO3)C(=O)CC)n2)CC1. The number of aromatic nitrogens is 2. The fourth-order valence-electron chi connectivity index (χ4n) is 5.39. The number of benzene rings is 1. The predicted molar refractivity (Wildman–Crippen MR) is 150 cm³/mol. The smallest absolute Gasteiger partial charge is 0.275 e. The van der Waals surface area contributed by atoms with Gasteiger partial charge in [0.05, 0.1) is 31.5 Å². The van der Waals surface area contributed by atoms with Gasteiger partial charge in [-0.15, -0.1) is 0 Å². The first-order valence-electron chi connectivity index (χ1n) is 14.3. The molecule has 1 aromatic carbocycles. The number of hydrogen-bond acceptors (Lipinski definition) is 7. The number of piperazine rings is 1. The van der Waals surface area contributed by atoms with Gasteiger partial charge in [-0.1, -0.05) is 19.1 Å². The van der Waals surface area contributed by atoms with Gasteiger partial charge in [0.1, 0.15) is 12.0 Å². The second-order valence-corrected chi connectivity index (χ2v) is 10.2. The zero-order valence-corrected chi connectivity index (χ0v) is 23.5. The highest BCUT2D eigenvalue weighted by molar-refractivity contribution is 5.92. The second-order valence-electron chi connectivity index (χ2n) is 10.2. The van der Waals surface area contributed by atoms with Crippen LogP contribution in [0.25, 0.3) is 0 Å². The van der Waals surface area contributed by atoms with Gasteiger partial charge in [0.2, 0.25) is 11.8 Å². The van der Waals surface area contributed by atoms with Crippen LogP contribution >= 0.6 is 0 Å². The van der Waals surface area contributed by atoms with Gasteiger partial charge in [0.25, 0.3) is 5.91 Å². The first kappa shape index (κ1) is 27.8. The van der Waals surface area contributed by atoms with Gasteiger partial charge in [-0.25, -0.2) is 4.98 Å². The average molecular weight is 550 g/mol. The van der Waals surface area contributed by atoms with E-state index in [-0.39, 0.29) is 17.9 Å². The van der Waals surface area contributed by atoms with Crippen molar-refractivity contribution >= 4 is 17.5 Å². The molecule has 3 aromatic rings. The van der Waals surface area contributed by atoms with Crippen molar-refractivity contribution in [1.29, 1.82) is 0 Å². The Kier molecular flexibility index (Phi) is 9.05. The number of rotatable bonds is 11. The van der Waals surface area contributed by atoms with E-state index in [0.29, 0.717) is 70.4 Å². The van der Waals surface area contributed by atoms with Crippen LogP contribution in [-0.4, -0.2) is 83.2 Å². The van der Waals surface area contributed by atoms with Gasteiger partial charge in [-0.3, -0.25) is 9.59 Å². The molecule has 2 aliphatic rings. The molecule has 40 heavy (non-hydrogen) atoms. The molecule has 1 unspecified atom stereocenters. The van der Waals surface area contributed by atoms with Gasteiger partial charge < -0.3 is 33.2 Å². The zero-order chi connectivity index (χ0) is 27.9. The van der Waals surface area contributed by atoms with Crippen LogP contribution < -0.4 is 9.64 Å². The highest BCUT2D eigenvalue weighted by Crippen LogP contribution is 2.29. The van der Waals surface area contributed by atoms with Crippen molar-refractivity contribution in [3.8, 4) is 5.75 Å². The van der Waals surface area contributed by atoms with Crippen molar-refractivity contribution in [2.45, 2.75) is 52.3 Å². The molecule has 1 atom stereocenters. The molecule has 0 radical (unpaired) electrons. The molecule has 2 amide bonds. The van der Waals surface area contributed by atoms with Gasteiger partial charge in [0, 0.05) is 57.6 Å². The van der Waals surface area contributed by atoms with Crippen molar-refractivity contribution in [1.82, 2.24) is 19.4 Å². The molecule has 2 aliphatic heterocycles. The number of amides is 2. The Labute approximate surface area is 235 Å². The molecule has 10 nitrogen and oxygen atoms in total. The molecule has 0 aliphatic carbocycles. The molecule has 0 spiro atoms. The van der Waals surface area contributed by atoms with E-state index in [1.165, 1.54) is 6.26 Å². The number of carbonyl (C=O) groups is 2.